The van der Waals surface area contributed by atoms with E-state index in [0.717, 1.165) is 40.8 Å². The van der Waals surface area contributed by atoms with E-state index in [2.05, 4.69) is 32.3 Å². The number of nitrogens with one attached hydrogen (secondary N) is 3. The van der Waals surface area contributed by atoms with Crippen molar-refractivity contribution < 1.29 is 8.42 Å². The van der Waals surface area contributed by atoms with Gasteiger partial charge in [-0.25, -0.2) is 18.1 Å². The number of halogens is 1. The topological polar surface area (TPSA) is 95.5 Å². The number of guanidine groups is 1. The van der Waals surface area contributed by atoms with Gasteiger partial charge in [-0.05, 0) is 38.8 Å². The van der Waals surface area contributed by atoms with Gasteiger partial charge in [-0.2, -0.15) is 0 Å². The molecular weight excluding hydrogens is 533 g/mol. The fourth-order valence-electron chi connectivity index (χ4n) is 2.71. The standard InChI is InChI=1S/C20H31N5O2S2.HI/c1-14(2)25-29(26,27)13-18-8-6-17(7-9-18)12-23-20(21-5)22-11-10-19-24-15(3)16(4)28-19;/h6-9,14,25H,10-13H2,1-5H3,(H2,21,22,23);1H. The van der Waals surface area contributed by atoms with Crippen LogP contribution in [0.1, 0.15) is 40.6 Å². The van der Waals surface area contributed by atoms with Crippen LogP contribution in [0.5, 0.6) is 0 Å². The number of aryl methyl sites for hydroxylation is 2. The van der Waals surface area contributed by atoms with Crippen LogP contribution in [0.15, 0.2) is 29.3 Å². The van der Waals surface area contributed by atoms with Crippen molar-refractivity contribution in [1.82, 2.24) is 20.3 Å². The van der Waals surface area contributed by atoms with E-state index in [9.17, 15) is 8.42 Å². The Hall–Kier alpha value is -1.24. The molecule has 0 saturated heterocycles. The number of hydrogen-bond acceptors (Lipinski definition) is 5. The summed E-state index contributed by atoms with van der Waals surface area (Å²) >= 11 is 1.73. The van der Waals surface area contributed by atoms with Gasteiger partial charge in [0, 0.05) is 37.5 Å². The van der Waals surface area contributed by atoms with Crippen molar-refractivity contribution in [2.45, 2.75) is 52.5 Å². The molecule has 1 aromatic heterocycles. The Labute approximate surface area is 201 Å². The molecular formula is C20H32IN5O2S2. The molecule has 0 atom stereocenters. The molecule has 3 N–H and O–H groups in total. The molecule has 10 heteroatoms. The summed E-state index contributed by atoms with van der Waals surface area (Å²) in [5.41, 5.74) is 2.92. The minimum atomic E-state index is -3.31. The lowest BCUT2D eigenvalue weighted by Gasteiger charge is -2.12. The first-order chi connectivity index (χ1) is 13.7. The quantitative estimate of drug-likeness (QED) is 0.247. The normalized spacial score (nSPS) is 12.0. The smallest absolute Gasteiger partial charge is 0.216 e. The molecule has 0 spiro atoms. The molecule has 0 radical (unpaired) electrons. The highest BCUT2D eigenvalue weighted by Crippen LogP contribution is 2.16. The minimum absolute atomic E-state index is 0. The van der Waals surface area contributed by atoms with Crippen LogP contribution in [0.3, 0.4) is 0 Å². The van der Waals surface area contributed by atoms with Gasteiger partial charge in [0.15, 0.2) is 5.96 Å². The Balaban J connectivity index is 0.00000450. The van der Waals surface area contributed by atoms with E-state index in [0.29, 0.717) is 6.54 Å². The highest BCUT2D eigenvalue weighted by atomic mass is 127. The predicted octanol–water partition coefficient (Wildman–Crippen LogP) is 3.11. The molecule has 0 bridgehead atoms. The molecule has 30 heavy (non-hydrogen) atoms. The van der Waals surface area contributed by atoms with Crippen LogP contribution >= 0.6 is 35.3 Å². The van der Waals surface area contributed by atoms with Gasteiger partial charge in [-0.15, -0.1) is 35.3 Å². The van der Waals surface area contributed by atoms with Crippen LogP contribution in [0, 0.1) is 13.8 Å². The number of hydrogen-bond donors (Lipinski definition) is 3. The van der Waals surface area contributed by atoms with Gasteiger partial charge in [0.1, 0.15) is 0 Å². The predicted molar refractivity (Wildman–Crippen MR) is 136 cm³/mol. The summed E-state index contributed by atoms with van der Waals surface area (Å²) in [5.74, 6) is 0.709. The van der Waals surface area contributed by atoms with E-state index >= 15 is 0 Å². The third-order valence-electron chi connectivity index (χ3n) is 4.18. The van der Waals surface area contributed by atoms with Crippen molar-refractivity contribution in [3.63, 3.8) is 0 Å². The largest absolute Gasteiger partial charge is 0.356 e. The molecule has 1 aromatic carbocycles. The molecule has 168 valence electrons. The third-order valence-corrected chi connectivity index (χ3v) is 6.86. The summed E-state index contributed by atoms with van der Waals surface area (Å²) in [7, 11) is -1.57. The first-order valence-electron chi connectivity index (χ1n) is 9.63. The van der Waals surface area contributed by atoms with Crippen molar-refractivity contribution in [1.29, 1.82) is 0 Å². The molecule has 0 unspecified atom stereocenters. The monoisotopic (exact) mass is 565 g/mol. The average Bonchev–Trinajstić information content (AvgIpc) is 2.95. The molecule has 0 saturated carbocycles. The van der Waals surface area contributed by atoms with Crippen molar-refractivity contribution in [2.75, 3.05) is 13.6 Å². The van der Waals surface area contributed by atoms with Crippen molar-refractivity contribution in [3.05, 3.63) is 51.0 Å². The van der Waals surface area contributed by atoms with Gasteiger partial charge < -0.3 is 10.6 Å². The maximum Gasteiger partial charge on any atom is 0.216 e. The average molecular weight is 566 g/mol. The number of thiazole rings is 1. The summed E-state index contributed by atoms with van der Waals surface area (Å²) in [5, 5.41) is 7.69. The summed E-state index contributed by atoms with van der Waals surface area (Å²) in [6.07, 6.45) is 0.855. The molecule has 2 aromatic rings. The number of benzene rings is 1. The van der Waals surface area contributed by atoms with Gasteiger partial charge in [0.25, 0.3) is 0 Å². The Morgan fingerprint density at radius 1 is 1.13 bits per heavy atom. The first kappa shape index (κ1) is 26.8. The van der Waals surface area contributed by atoms with E-state index in [4.69, 9.17) is 0 Å². The highest BCUT2D eigenvalue weighted by Gasteiger charge is 2.12. The maximum absolute atomic E-state index is 12.0. The van der Waals surface area contributed by atoms with E-state index in [1.165, 1.54) is 4.88 Å². The number of rotatable bonds is 9. The highest BCUT2D eigenvalue weighted by molar-refractivity contribution is 14.0. The van der Waals surface area contributed by atoms with Crippen LogP contribution in [-0.4, -0.2) is 39.0 Å². The summed E-state index contributed by atoms with van der Waals surface area (Å²) in [6.45, 7) is 9.10. The number of aliphatic imine (C=N–C) groups is 1. The third kappa shape index (κ3) is 9.27. The van der Waals surface area contributed by atoms with Crippen molar-refractivity contribution in [3.8, 4) is 0 Å². The van der Waals surface area contributed by atoms with Crippen LogP contribution in [0.25, 0.3) is 0 Å². The van der Waals surface area contributed by atoms with E-state index in [-0.39, 0.29) is 35.8 Å². The van der Waals surface area contributed by atoms with Gasteiger partial charge in [0.05, 0.1) is 16.5 Å². The number of nitrogens with zero attached hydrogens (tertiary/aromatic N) is 2. The van der Waals surface area contributed by atoms with E-state index in [1.54, 1.807) is 18.4 Å². The molecule has 0 amide bonds. The van der Waals surface area contributed by atoms with Crippen LogP contribution in [0.2, 0.25) is 0 Å². The second-order valence-electron chi connectivity index (χ2n) is 7.20. The molecule has 7 nitrogen and oxygen atoms in total. The number of sulfonamides is 1. The molecule has 1 heterocycles. The number of aromatic nitrogens is 1. The maximum atomic E-state index is 12.0. The first-order valence-corrected chi connectivity index (χ1v) is 12.1. The van der Waals surface area contributed by atoms with Crippen LogP contribution < -0.4 is 15.4 Å². The van der Waals surface area contributed by atoms with E-state index < -0.39 is 10.0 Å². The lowest BCUT2D eigenvalue weighted by Crippen LogP contribution is -2.37. The zero-order valence-electron chi connectivity index (χ0n) is 18.2. The van der Waals surface area contributed by atoms with E-state index in [1.807, 2.05) is 45.0 Å². The Morgan fingerprint density at radius 3 is 2.30 bits per heavy atom. The zero-order valence-corrected chi connectivity index (χ0v) is 22.1. The SMILES string of the molecule is CN=C(NCCc1nc(C)c(C)s1)NCc1ccc(CS(=O)(=O)NC(C)C)cc1.I. The lowest BCUT2D eigenvalue weighted by atomic mass is 10.1. The fourth-order valence-corrected chi connectivity index (χ4v) is 5.08. The van der Waals surface area contributed by atoms with Gasteiger partial charge in [-0.1, -0.05) is 24.3 Å². The molecule has 0 fully saturated rings. The Bertz CT molecular complexity index is 906. The van der Waals surface area contributed by atoms with Crippen molar-refractivity contribution >= 4 is 51.3 Å². The van der Waals surface area contributed by atoms with Crippen LogP contribution in [-0.2, 0) is 28.7 Å². The second-order valence-corrected chi connectivity index (χ2v) is 10.2. The van der Waals surface area contributed by atoms with Gasteiger partial charge in [0.2, 0.25) is 10.0 Å². The summed E-state index contributed by atoms with van der Waals surface area (Å²) in [6, 6.07) is 7.45. The van der Waals surface area contributed by atoms with Crippen molar-refractivity contribution in [2.24, 2.45) is 4.99 Å². The molecule has 0 aliphatic carbocycles. The summed E-state index contributed by atoms with van der Waals surface area (Å²) in [4.78, 5) is 10.0. The Morgan fingerprint density at radius 2 is 1.77 bits per heavy atom. The van der Waals surface area contributed by atoms with Crippen LogP contribution in [0.4, 0.5) is 0 Å². The lowest BCUT2D eigenvalue weighted by molar-refractivity contribution is 0.569. The molecule has 0 aliphatic rings. The van der Waals surface area contributed by atoms with Gasteiger partial charge in [-0.3, -0.25) is 4.99 Å². The summed E-state index contributed by atoms with van der Waals surface area (Å²) < 4.78 is 26.6. The zero-order chi connectivity index (χ0) is 21.4. The molecule has 0 aliphatic heterocycles. The Kier molecular flexibility index (Phi) is 11.2. The fraction of sp³-hybridized carbons (Fsp3) is 0.500. The molecule has 2 rings (SSSR count). The minimum Gasteiger partial charge on any atom is -0.356 e. The second kappa shape index (κ2) is 12.6. The van der Waals surface area contributed by atoms with Gasteiger partial charge >= 0.3 is 0 Å².